The van der Waals surface area contributed by atoms with Gasteiger partial charge in [-0.15, -0.1) is 0 Å². The summed E-state index contributed by atoms with van der Waals surface area (Å²) in [6.45, 7) is 4.20. The van der Waals surface area contributed by atoms with Gasteiger partial charge in [-0.2, -0.15) is 0 Å². The predicted octanol–water partition coefficient (Wildman–Crippen LogP) is 2.09. The summed E-state index contributed by atoms with van der Waals surface area (Å²) in [4.78, 5) is 11.9. The number of halogens is 1. The summed E-state index contributed by atoms with van der Waals surface area (Å²) in [6, 6.07) is 6.18. The van der Waals surface area contributed by atoms with Crippen LogP contribution in [0.4, 0.5) is 0 Å². The van der Waals surface area contributed by atoms with Crippen molar-refractivity contribution in [3.63, 3.8) is 0 Å². The lowest BCUT2D eigenvalue weighted by molar-refractivity contribution is -0.123. The Morgan fingerprint density at radius 2 is 1.86 bits per heavy atom. The SMILES string of the molecule is COCC(C)(C)NC(=O)CCc1ccc(S(=O)(=O)Cl)cc1. The first-order valence-electron chi connectivity index (χ1n) is 6.47. The Kier molecular flexibility index (Phi) is 6.19. The lowest BCUT2D eigenvalue weighted by atomic mass is 10.1. The molecule has 1 aromatic carbocycles. The molecule has 0 bridgehead atoms. The van der Waals surface area contributed by atoms with E-state index in [2.05, 4.69) is 5.32 Å². The van der Waals surface area contributed by atoms with E-state index in [0.717, 1.165) is 5.56 Å². The highest BCUT2D eigenvalue weighted by Gasteiger charge is 2.19. The van der Waals surface area contributed by atoms with Crippen molar-refractivity contribution in [1.82, 2.24) is 5.32 Å². The van der Waals surface area contributed by atoms with Gasteiger partial charge in [-0.25, -0.2) is 8.42 Å². The van der Waals surface area contributed by atoms with Crippen LogP contribution in [0, 0.1) is 0 Å². The molecule has 118 valence electrons. The zero-order valence-electron chi connectivity index (χ0n) is 12.3. The van der Waals surface area contributed by atoms with Crippen LogP contribution in [0.1, 0.15) is 25.8 Å². The number of hydrogen-bond donors (Lipinski definition) is 1. The van der Waals surface area contributed by atoms with Crippen molar-refractivity contribution in [1.29, 1.82) is 0 Å². The van der Waals surface area contributed by atoms with Crippen LogP contribution in [0.15, 0.2) is 29.2 Å². The van der Waals surface area contributed by atoms with E-state index in [1.54, 1.807) is 19.2 Å². The maximum atomic E-state index is 11.8. The summed E-state index contributed by atoms with van der Waals surface area (Å²) < 4.78 is 27.3. The molecule has 5 nitrogen and oxygen atoms in total. The molecule has 0 unspecified atom stereocenters. The van der Waals surface area contributed by atoms with Crippen LogP contribution in [0.25, 0.3) is 0 Å². The van der Waals surface area contributed by atoms with E-state index in [0.29, 0.717) is 19.4 Å². The normalized spacial score (nSPS) is 12.2. The Labute approximate surface area is 130 Å². The number of rotatable bonds is 7. The summed E-state index contributed by atoms with van der Waals surface area (Å²) >= 11 is 0. The van der Waals surface area contributed by atoms with Crippen LogP contribution < -0.4 is 5.32 Å². The minimum atomic E-state index is -3.70. The number of nitrogens with one attached hydrogen (secondary N) is 1. The van der Waals surface area contributed by atoms with Crippen molar-refractivity contribution >= 4 is 25.6 Å². The molecular formula is C14H20ClNO4S. The summed E-state index contributed by atoms with van der Waals surface area (Å²) in [5.41, 5.74) is 0.460. The van der Waals surface area contributed by atoms with Gasteiger partial charge in [0.1, 0.15) is 0 Å². The van der Waals surface area contributed by atoms with Crippen molar-refractivity contribution in [3.8, 4) is 0 Å². The quantitative estimate of drug-likeness (QED) is 0.775. The zero-order valence-corrected chi connectivity index (χ0v) is 13.9. The Morgan fingerprint density at radius 1 is 1.29 bits per heavy atom. The van der Waals surface area contributed by atoms with Crippen molar-refractivity contribution < 1.29 is 17.9 Å². The van der Waals surface area contributed by atoms with E-state index in [1.165, 1.54) is 12.1 Å². The zero-order chi connectivity index (χ0) is 16.1. The third-order valence-electron chi connectivity index (χ3n) is 2.83. The van der Waals surface area contributed by atoms with E-state index < -0.39 is 14.6 Å². The number of amides is 1. The molecule has 0 spiro atoms. The smallest absolute Gasteiger partial charge is 0.261 e. The molecule has 1 rings (SSSR count). The molecule has 0 saturated carbocycles. The van der Waals surface area contributed by atoms with Gasteiger partial charge < -0.3 is 10.1 Å². The topological polar surface area (TPSA) is 72.5 Å². The Balaban J connectivity index is 2.54. The summed E-state index contributed by atoms with van der Waals surface area (Å²) in [6.07, 6.45) is 0.845. The first kappa shape index (κ1) is 17.9. The highest BCUT2D eigenvalue weighted by Crippen LogP contribution is 2.16. The molecule has 21 heavy (non-hydrogen) atoms. The summed E-state index contributed by atoms with van der Waals surface area (Å²) in [5.74, 6) is -0.0777. The molecule has 0 aliphatic carbocycles. The Bertz CT molecular complexity index is 581. The van der Waals surface area contributed by atoms with Crippen LogP contribution >= 0.6 is 10.7 Å². The molecule has 1 aromatic rings. The van der Waals surface area contributed by atoms with Gasteiger partial charge in [-0.1, -0.05) is 12.1 Å². The Hall–Kier alpha value is -1.11. The monoisotopic (exact) mass is 333 g/mol. The van der Waals surface area contributed by atoms with Gasteiger partial charge in [0, 0.05) is 24.2 Å². The maximum absolute atomic E-state index is 11.8. The van der Waals surface area contributed by atoms with E-state index in [1.807, 2.05) is 13.8 Å². The van der Waals surface area contributed by atoms with Crippen molar-refractivity contribution in [2.75, 3.05) is 13.7 Å². The molecule has 0 aromatic heterocycles. The van der Waals surface area contributed by atoms with Crippen LogP contribution in [0.5, 0.6) is 0 Å². The third-order valence-corrected chi connectivity index (χ3v) is 4.20. The van der Waals surface area contributed by atoms with Crippen molar-refractivity contribution in [3.05, 3.63) is 29.8 Å². The average molecular weight is 334 g/mol. The Morgan fingerprint density at radius 3 is 2.33 bits per heavy atom. The molecular weight excluding hydrogens is 314 g/mol. The molecule has 0 aliphatic heterocycles. The van der Waals surface area contributed by atoms with Gasteiger partial charge in [0.15, 0.2) is 0 Å². The second-order valence-electron chi connectivity index (χ2n) is 5.45. The summed E-state index contributed by atoms with van der Waals surface area (Å²) in [5, 5.41) is 2.88. The van der Waals surface area contributed by atoms with Gasteiger partial charge in [0.25, 0.3) is 9.05 Å². The third kappa shape index (κ3) is 6.46. The van der Waals surface area contributed by atoms with Crippen LogP contribution in [0.2, 0.25) is 0 Å². The van der Waals surface area contributed by atoms with Crippen molar-refractivity contribution in [2.24, 2.45) is 0 Å². The number of carbonyl (C=O) groups excluding carboxylic acids is 1. The number of hydrogen-bond acceptors (Lipinski definition) is 4. The number of benzene rings is 1. The fourth-order valence-electron chi connectivity index (χ4n) is 1.91. The minimum Gasteiger partial charge on any atom is -0.382 e. The molecule has 0 atom stereocenters. The van der Waals surface area contributed by atoms with E-state index in [4.69, 9.17) is 15.4 Å². The lowest BCUT2D eigenvalue weighted by Gasteiger charge is -2.25. The molecule has 0 radical (unpaired) electrons. The van der Waals surface area contributed by atoms with Crippen LogP contribution in [-0.2, 0) is 25.0 Å². The number of aryl methyl sites for hydroxylation is 1. The van der Waals surface area contributed by atoms with Gasteiger partial charge in [-0.05, 0) is 38.0 Å². The predicted molar refractivity (Wildman–Crippen MR) is 81.9 cm³/mol. The molecule has 0 heterocycles. The van der Waals surface area contributed by atoms with Crippen molar-refractivity contribution in [2.45, 2.75) is 37.1 Å². The van der Waals surface area contributed by atoms with E-state index >= 15 is 0 Å². The van der Waals surface area contributed by atoms with Gasteiger partial charge >= 0.3 is 0 Å². The highest BCUT2D eigenvalue weighted by molar-refractivity contribution is 8.13. The maximum Gasteiger partial charge on any atom is 0.261 e. The molecule has 0 fully saturated rings. The number of carbonyl (C=O) groups is 1. The first-order chi connectivity index (χ1) is 9.64. The second-order valence-corrected chi connectivity index (χ2v) is 8.01. The minimum absolute atomic E-state index is 0.0543. The largest absolute Gasteiger partial charge is 0.382 e. The number of ether oxygens (including phenoxy) is 1. The summed E-state index contributed by atoms with van der Waals surface area (Å²) in [7, 11) is 3.12. The number of methoxy groups -OCH3 is 1. The van der Waals surface area contributed by atoms with Crippen LogP contribution in [-0.4, -0.2) is 33.6 Å². The standard InChI is InChI=1S/C14H20ClNO4S/c1-14(2,10-20-3)16-13(17)9-6-11-4-7-12(8-5-11)21(15,18)19/h4-5,7-8H,6,9-10H2,1-3H3,(H,16,17). The van der Waals surface area contributed by atoms with Crippen LogP contribution in [0.3, 0.4) is 0 Å². The van der Waals surface area contributed by atoms with E-state index in [9.17, 15) is 13.2 Å². The van der Waals surface area contributed by atoms with Gasteiger partial charge in [0.05, 0.1) is 17.0 Å². The fourth-order valence-corrected chi connectivity index (χ4v) is 2.68. The highest BCUT2D eigenvalue weighted by atomic mass is 35.7. The molecule has 0 aliphatic rings. The van der Waals surface area contributed by atoms with Gasteiger partial charge in [-0.3, -0.25) is 4.79 Å². The fraction of sp³-hybridized carbons (Fsp3) is 0.500. The molecule has 7 heteroatoms. The molecule has 1 amide bonds. The first-order valence-corrected chi connectivity index (χ1v) is 8.78. The lowest BCUT2D eigenvalue weighted by Crippen LogP contribution is -2.46. The molecule has 1 N–H and O–H groups in total. The van der Waals surface area contributed by atoms with Gasteiger partial charge in [0.2, 0.25) is 5.91 Å². The average Bonchev–Trinajstić information content (AvgIpc) is 2.35. The molecule has 0 saturated heterocycles. The second kappa shape index (κ2) is 7.24. The van der Waals surface area contributed by atoms with E-state index in [-0.39, 0.29) is 10.8 Å².